The summed E-state index contributed by atoms with van der Waals surface area (Å²) in [5.74, 6) is -0.737. The van der Waals surface area contributed by atoms with Crippen molar-refractivity contribution in [3.8, 4) is 0 Å². The molecule has 0 aromatic heterocycles. The molecule has 0 unspecified atom stereocenters. The highest BCUT2D eigenvalue weighted by molar-refractivity contribution is 9.10. The van der Waals surface area contributed by atoms with Crippen LogP contribution < -0.4 is 11.1 Å². The zero-order valence-corrected chi connectivity index (χ0v) is 11.1. The Morgan fingerprint density at radius 1 is 1.56 bits per heavy atom. The molecule has 1 aromatic rings. The molecule has 5 nitrogen and oxygen atoms in total. The van der Waals surface area contributed by atoms with Gasteiger partial charge in [0.05, 0.1) is 4.47 Å². The van der Waals surface area contributed by atoms with Crippen LogP contribution in [0.4, 0.5) is 4.39 Å². The van der Waals surface area contributed by atoms with Crippen molar-refractivity contribution in [2.24, 2.45) is 10.9 Å². The van der Waals surface area contributed by atoms with Gasteiger partial charge in [-0.2, -0.15) is 0 Å². The van der Waals surface area contributed by atoms with Crippen LogP contribution in [-0.2, 0) is 0 Å². The maximum atomic E-state index is 13.2. The Hall–Kier alpha value is -1.63. The molecule has 18 heavy (non-hydrogen) atoms. The summed E-state index contributed by atoms with van der Waals surface area (Å²) in [7, 11) is 0. The van der Waals surface area contributed by atoms with Crippen molar-refractivity contribution in [1.29, 1.82) is 0 Å². The average molecular weight is 318 g/mol. The summed E-state index contributed by atoms with van der Waals surface area (Å²) < 4.78 is 13.5. The number of rotatable bonds is 5. The third-order valence-electron chi connectivity index (χ3n) is 2.21. The summed E-state index contributed by atoms with van der Waals surface area (Å²) in [6.07, 6.45) is 0.923. The zero-order chi connectivity index (χ0) is 13.5. The Bertz CT molecular complexity index is 466. The van der Waals surface area contributed by atoms with Gasteiger partial charge in [-0.1, -0.05) is 5.16 Å². The van der Waals surface area contributed by atoms with Crippen LogP contribution in [-0.4, -0.2) is 23.5 Å². The van der Waals surface area contributed by atoms with Crippen LogP contribution >= 0.6 is 15.9 Å². The lowest BCUT2D eigenvalue weighted by molar-refractivity contribution is 0.0953. The summed E-state index contributed by atoms with van der Waals surface area (Å²) in [5.41, 5.74) is 5.52. The van der Waals surface area contributed by atoms with Gasteiger partial charge in [-0.25, -0.2) is 4.39 Å². The SMILES string of the molecule is NC(CCCNC(=O)c1ccc(Br)c(F)c1)=NO. The third kappa shape index (κ3) is 4.33. The summed E-state index contributed by atoms with van der Waals surface area (Å²) in [6.45, 7) is 0.368. The topological polar surface area (TPSA) is 87.7 Å². The molecule has 0 aliphatic rings. The van der Waals surface area contributed by atoms with Crippen LogP contribution in [0.25, 0.3) is 0 Å². The largest absolute Gasteiger partial charge is 0.409 e. The second-order valence-corrected chi connectivity index (χ2v) is 4.43. The Balaban J connectivity index is 2.43. The smallest absolute Gasteiger partial charge is 0.251 e. The van der Waals surface area contributed by atoms with E-state index in [-0.39, 0.29) is 17.3 Å². The number of carbonyl (C=O) groups is 1. The molecule has 0 atom stereocenters. The molecule has 0 saturated carbocycles. The van der Waals surface area contributed by atoms with E-state index in [1.165, 1.54) is 12.1 Å². The minimum absolute atomic E-state index is 0.110. The van der Waals surface area contributed by atoms with Crippen molar-refractivity contribution < 1.29 is 14.4 Å². The van der Waals surface area contributed by atoms with Crippen molar-refractivity contribution >= 4 is 27.7 Å². The van der Waals surface area contributed by atoms with Gasteiger partial charge in [-0.15, -0.1) is 0 Å². The predicted octanol–water partition coefficient (Wildman–Crippen LogP) is 1.84. The van der Waals surface area contributed by atoms with E-state index in [1.807, 2.05) is 0 Å². The molecule has 0 saturated heterocycles. The Labute approximate surface area is 112 Å². The first-order chi connectivity index (χ1) is 8.54. The quantitative estimate of drug-likeness (QED) is 0.254. The molecule has 98 valence electrons. The molecule has 0 heterocycles. The molecule has 0 aliphatic heterocycles. The second-order valence-electron chi connectivity index (χ2n) is 3.58. The number of carbonyl (C=O) groups excluding carboxylic acids is 1. The van der Waals surface area contributed by atoms with Crippen molar-refractivity contribution in [2.45, 2.75) is 12.8 Å². The second kappa shape index (κ2) is 6.95. The fourth-order valence-corrected chi connectivity index (χ4v) is 1.51. The maximum absolute atomic E-state index is 13.2. The lowest BCUT2D eigenvalue weighted by Gasteiger charge is -2.05. The van der Waals surface area contributed by atoms with E-state index in [9.17, 15) is 9.18 Å². The highest BCUT2D eigenvalue weighted by Gasteiger charge is 2.07. The molecule has 0 aliphatic carbocycles. The first-order valence-corrected chi connectivity index (χ1v) is 6.03. The van der Waals surface area contributed by atoms with Gasteiger partial charge in [0.2, 0.25) is 0 Å². The van der Waals surface area contributed by atoms with E-state index in [4.69, 9.17) is 10.9 Å². The lowest BCUT2D eigenvalue weighted by Crippen LogP contribution is -2.25. The zero-order valence-electron chi connectivity index (χ0n) is 9.49. The number of nitrogens with one attached hydrogen (secondary N) is 1. The average Bonchev–Trinajstić information content (AvgIpc) is 2.37. The molecule has 7 heteroatoms. The monoisotopic (exact) mass is 317 g/mol. The number of halogens is 2. The van der Waals surface area contributed by atoms with Crippen LogP contribution in [0.15, 0.2) is 27.8 Å². The van der Waals surface area contributed by atoms with Gasteiger partial charge in [0, 0.05) is 18.5 Å². The maximum Gasteiger partial charge on any atom is 0.251 e. The van der Waals surface area contributed by atoms with E-state index >= 15 is 0 Å². The highest BCUT2D eigenvalue weighted by Crippen LogP contribution is 2.16. The Kier molecular flexibility index (Phi) is 5.57. The van der Waals surface area contributed by atoms with Crippen LogP contribution in [0.5, 0.6) is 0 Å². The molecule has 4 N–H and O–H groups in total. The fraction of sp³-hybridized carbons (Fsp3) is 0.273. The molecule has 0 bridgehead atoms. The van der Waals surface area contributed by atoms with E-state index in [1.54, 1.807) is 0 Å². The van der Waals surface area contributed by atoms with Crippen LogP contribution in [0.1, 0.15) is 23.2 Å². The summed E-state index contributed by atoms with van der Waals surface area (Å²) >= 11 is 3.01. The Morgan fingerprint density at radius 3 is 2.89 bits per heavy atom. The number of hydrogen-bond acceptors (Lipinski definition) is 3. The number of hydrogen-bond donors (Lipinski definition) is 3. The molecule has 0 radical (unpaired) electrons. The van der Waals surface area contributed by atoms with Gasteiger partial charge in [-0.3, -0.25) is 4.79 Å². The normalized spacial score (nSPS) is 11.3. The highest BCUT2D eigenvalue weighted by atomic mass is 79.9. The molecular weight excluding hydrogens is 305 g/mol. The minimum Gasteiger partial charge on any atom is -0.409 e. The van der Waals surface area contributed by atoms with Gasteiger partial charge < -0.3 is 16.3 Å². The van der Waals surface area contributed by atoms with E-state index in [0.29, 0.717) is 23.9 Å². The molecule has 1 aromatic carbocycles. The number of amides is 1. The van der Waals surface area contributed by atoms with Gasteiger partial charge in [0.1, 0.15) is 11.7 Å². The summed E-state index contributed by atoms with van der Waals surface area (Å²) in [6, 6.07) is 4.15. The molecular formula is C11H13BrFN3O2. The van der Waals surface area contributed by atoms with Crippen LogP contribution in [0, 0.1) is 5.82 Å². The Morgan fingerprint density at radius 2 is 2.28 bits per heavy atom. The van der Waals surface area contributed by atoms with Crippen molar-refractivity contribution in [1.82, 2.24) is 5.32 Å². The van der Waals surface area contributed by atoms with Crippen molar-refractivity contribution in [3.05, 3.63) is 34.1 Å². The van der Waals surface area contributed by atoms with E-state index in [2.05, 4.69) is 26.4 Å². The van der Waals surface area contributed by atoms with Crippen molar-refractivity contribution in [3.63, 3.8) is 0 Å². The number of oxime groups is 1. The first kappa shape index (κ1) is 14.4. The molecule has 1 amide bonds. The van der Waals surface area contributed by atoms with Crippen LogP contribution in [0.3, 0.4) is 0 Å². The van der Waals surface area contributed by atoms with Crippen molar-refractivity contribution in [2.75, 3.05) is 6.54 Å². The molecule has 0 fully saturated rings. The fourth-order valence-electron chi connectivity index (χ4n) is 1.26. The van der Waals surface area contributed by atoms with Gasteiger partial charge in [-0.05, 0) is 40.5 Å². The summed E-state index contributed by atoms with van der Waals surface area (Å²) in [5, 5.41) is 13.7. The third-order valence-corrected chi connectivity index (χ3v) is 2.85. The van der Waals surface area contributed by atoms with E-state index < -0.39 is 5.82 Å². The number of benzene rings is 1. The summed E-state index contributed by atoms with van der Waals surface area (Å²) in [4.78, 5) is 11.6. The van der Waals surface area contributed by atoms with Gasteiger partial charge in [0.15, 0.2) is 0 Å². The predicted molar refractivity (Wildman–Crippen MR) is 69.1 cm³/mol. The number of nitrogens with two attached hydrogens (primary N) is 1. The van der Waals surface area contributed by atoms with Crippen LogP contribution in [0.2, 0.25) is 0 Å². The molecule has 1 rings (SSSR count). The van der Waals surface area contributed by atoms with Gasteiger partial charge >= 0.3 is 0 Å². The van der Waals surface area contributed by atoms with E-state index in [0.717, 1.165) is 6.07 Å². The standard InChI is InChI=1S/C11H13BrFN3O2/c12-8-4-3-7(6-9(8)13)11(17)15-5-1-2-10(14)16-18/h3-4,6,18H,1-2,5H2,(H2,14,16)(H,15,17). The number of amidine groups is 1. The molecule has 0 spiro atoms. The number of nitrogens with zero attached hydrogens (tertiary/aromatic N) is 1. The van der Waals surface area contributed by atoms with Gasteiger partial charge in [0.25, 0.3) is 5.91 Å². The first-order valence-electron chi connectivity index (χ1n) is 5.24. The lowest BCUT2D eigenvalue weighted by atomic mass is 10.2. The minimum atomic E-state index is -0.487.